The second kappa shape index (κ2) is 6.62. The van der Waals surface area contributed by atoms with Crippen LogP contribution in [0.1, 0.15) is 24.8 Å². The Morgan fingerprint density at radius 1 is 1.45 bits per heavy atom. The predicted octanol–water partition coefficient (Wildman–Crippen LogP) is 0.730. The molecule has 0 aliphatic carbocycles. The summed E-state index contributed by atoms with van der Waals surface area (Å²) >= 11 is 0. The SMILES string of the molecule is CN(CC1CCCCO1)S(=O)(=O)c1ccc(CN)cn1. The number of aromatic nitrogens is 1. The predicted molar refractivity (Wildman–Crippen MR) is 75.5 cm³/mol. The number of hydrogen-bond donors (Lipinski definition) is 1. The molecule has 6 nitrogen and oxygen atoms in total. The summed E-state index contributed by atoms with van der Waals surface area (Å²) in [6, 6.07) is 3.18. The van der Waals surface area contributed by atoms with Gasteiger partial charge >= 0.3 is 0 Å². The Hall–Kier alpha value is -1.02. The average molecular weight is 299 g/mol. The lowest BCUT2D eigenvalue weighted by Gasteiger charge is -2.26. The number of nitrogens with zero attached hydrogens (tertiary/aromatic N) is 2. The molecular weight excluding hydrogens is 278 g/mol. The third-order valence-corrected chi connectivity index (χ3v) is 5.18. The first-order chi connectivity index (χ1) is 9.54. The Balaban J connectivity index is 2.07. The summed E-state index contributed by atoms with van der Waals surface area (Å²) in [5.41, 5.74) is 6.28. The normalized spacial score (nSPS) is 20.2. The lowest BCUT2D eigenvalue weighted by atomic mass is 10.1. The van der Waals surface area contributed by atoms with Crippen LogP contribution in [-0.2, 0) is 21.3 Å². The average Bonchev–Trinajstić information content (AvgIpc) is 2.48. The Bertz CT molecular complexity index is 524. The van der Waals surface area contributed by atoms with Gasteiger partial charge in [-0.3, -0.25) is 0 Å². The third-order valence-electron chi connectivity index (χ3n) is 3.44. The van der Waals surface area contributed by atoms with Crippen LogP contribution in [0.2, 0.25) is 0 Å². The van der Waals surface area contributed by atoms with Gasteiger partial charge in [0.15, 0.2) is 5.03 Å². The van der Waals surface area contributed by atoms with Gasteiger partial charge in [0.1, 0.15) is 0 Å². The van der Waals surface area contributed by atoms with Gasteiger partial charge < -0.3 is 10.5 Å². The minimum absolute atomic E-state index is 0.0214. The van der Waals surface area contributed by atoms with Crippen LogP contribution in [0.5, 0.6) is 0 Å². The number of pyridine rings is 1. The molecule has 1 aromatic heterocycles. The lowest BCUT2D eigenvalue weighted by Crippen LogP contribution is -2.37. The minimum atomic E-state index is -3.56. The fourth-order valence-corrected chi connectivity index (χ4v) is 3.29. The van der Waals surface area contributed by atoms with Crippen molar-refractivity contribution in [2.24, 2.45) is 5.73 Å². The van der Waals surface area contributed by atoms with E-state index >= 15 is 0 Å². The number of rotatable bonds is 5. The third kappa shape index (κ3) is 3.54. The maximum atomic E-state index is 12.4. The van der Waals surface area contributed by atoms with Crippen molar-refractivity contribution in [2.45, 2.75) is 36.9 Å². The smallest absolute Gasteiger partial charge is 0.260 e. The molecule has 0 bridgehead atoms. The molecule has 1 aromatic rings. The molecule has 0 spiro atoms. The van der Waals surface area contributed by atoms with E-state index in [0.29, 0.717) is 19.7 Å². The van der Waals surface area contributed by atoms with E-state index < -0.39 is 10.0 Å². The molecule has 0 amide bonds. The molecule has 0 aromatic carbocycles. The van der Waals surface area contributed by atoms with Gasteiger partial charge in [0.2, 0.25) is 0 Å². The molecule has 7 heteroatoms. The Morgan fingerprint density at radius 2 is 2.25 bits per heavy atom. The molecule has 112 valence electrons. The first-order valence-electron chi connectivity index (χ1n) is 6.77. The highest BCUT2D eigenvalue weighted by Crippen LogP contribution is 2.17. The molecule has 2 heterocycles. The number of ether oxygens (including phenoxy) is 1. The van der Waals surface area contributed by atoms with Crippen LogP contribution >= 0.6 is 0 Å². The van der Waals surface area contributed by atoms with Crippen LogP contribution in [0.4, 0.5) is 0 Å². The van der Waals surface area contributed by atoms with Gasteiger partial charge in [0, 0.05) is 32.9 Å². The van der Waals surface area contributed by atoms with Crippen molar-refractivity contribution in [3.63, 3.8) is 0 Å². The van der Waals surface area contributed by atoms with Gasteiger partial charge in [-0.05, 0) is 30.9 Å². The number of nitrogens with two attached hydrogens (primary N) is 1. The molecule has 20 heavy (non-hydrogen) atoms. The van der Waals surface area contributed by atoms with E-state index in [2.05, 4.69) is 4.98 Å². The zero-order valence-electron chi connectivity index (χ0n) is 11.7. The van der Waals surface area contributed by atoms with Crippen LogP contribution in [0.25, 0.3) is 0 Å². The summed E-state index contributed by atoms with van der Waals surface area (Å²) in [5, 5.41) is 0.0491. The van der Waals surface area contributed by atoms with Crippen molar-refractivity contribution in [2.75, 3.05) is 20.2 Å². The molecule has 2 N–H and O–H groups in total. The van der Waals surface area contributed by atoms with E-state index in [1.165, 1.54) is 16.6 Å². The van der Waals surface area contributed by atoms with Gasteiger partial charge in [-0.1, -0.05) is 6.07 Å². The summed E-state index contributed by atoms with van der Waals surface area (Å²) in [6.45, 7) is 1.42. The van der Waals surface area contributed by atoms with Crippen LogP contribution in [0.3, 0.4) is 0 Å². The monoisotopic (exact) mass is 299 g/mol. The Labute approximate surface area is 120 Å². The molecular formula is C13H21N3O3S. The van der Waals surface area contributed by atoms with E-state index in [1.807, 2.05) is 0 Å². The summed E-state index contributed by atoms with van der Waals surface area (Å²) in [7, 11) is -2.00. The largest absolute Gasteiger partial charge is 0.377 e. The lowest BCUT2D eigenvalue weighted by molar-refractivity contribution is 0.00856. The van der Waals surface area contributed by atoms with Gasteiger partial charge in [-0.25, -0.2) is 13.4 Å². The van der Waals surface area contributed by atoms with Crippen LogP contribution in [-0.4, -0.2) is 44.0 Å². The minimum Gasteiger partial charge on any atom is -0.377 e. The fourth-order valence-electron chi connectivity index (χ4n) is 2.18. The Kier molecular flexibility index (Phi) is 5.09. The van der Waals surface area contributed by atoms with Crippen LogP contribution < -0.4 is 5.73 Å². The maximum Gasteiger partial charge on any atom is 0.260 e. The topological polar surface area (TPSA) is 85.5 Å². The molecule has 1 atom stereocenters. The van der Waals surface area contributed by atoms with Gasteiger partial charge in [-0.15, -0.1) is 0 Å². The van der Waals surface area contributed by atoms with Gasteiger partial charge in [0.25, 0.3) is 10.0 Å². The molecule has 1 aliphatic rings. The zero-order chi connectivity index (χ0) is 14.6. The summed E-state index contributed by atoms with van der Waals surface area (Å²) in [6.07, 6.45) is 4.51. The van der Waals surface area contributed by atoms with Crippen molar-refractivity contribution in [3.05, 3.63) is 23.9 Å². The van der Waals surface area contributed by atoms with E-state index in [1.54, 1.807) is 13.1 Å². The molecule has 1 fully saturated rings. The molecule has 1 aliphatic heterocycles. The van der Waals surface area contributed by atoms with Crippen molar-refractivity contribution in [3.8, 4) is 0 Å². The highest BCUT2D eigenvalue weighted by atomic mass is 32.2. The van der Waals surface area contributed by atoms with E-state index in [4.69, 9.17) is 10.5 Å². The number of hydrogen-bond acceptors (Lipinski definition) is 5. The first kappa shape index (κ1) is 15.4. The number of likely N-dealkylation sites (N-methyl/N-ethyl adjacent to an activating group) is 1. The summed E-state index contributed by atoms with van der Waals surface area (Å²) in [4.78, 5) is 3.98. The summed E-state index contributed by atoms with van der Waals surface area (Å²) in [5.74, 6) is 0. The second-order valence-electron chi connectivity index (χ2n) is 4.98. The van der Waals surface area contributed by atoms with Crippen molar-refractivity contribution < 1.29 is 13.2 Å². The standard InChI is InChI=1S/C13H21N3O3S/c1-16(10-12-4-2-3-7-19-12)20(17,18)13-6-5-11(8-14)9-15-13/h5-6,9,12H,2-4,7-8,10,14H2,1H3. The first-order valence-corrected chi connectivity index (χ1v) is 8.21. The fraction of sp³-hybridized carbons (Fsp3) is 0.615. The van der Waals surface area contributed by atoms with Crippen LogP contribution in [0, 0.1) is 0 Å². The van der Waals surface area contributed by atoms with E-state index in [-0.39, 0.29) is 11.1 Å². The second-order valence-corrected chi connectivity index (χ2v) is 6.97. The van der Waals surface area contributed by atoms with Crippen LogP contribution in [0.15, 0.2) is 23.4 Å². The van der Waals surface area contributed by atoms with Crippen molar-refractivity contribution in [1.82, 2.24) is 9.29 Å². The van der Waals surface area contributed by atoms with Crippen molar-refractivity contribution in [1.29, 1.82) is 0 Å². The maximum absolute atomic E-state index is 12.4. The summed E-state index contributed by atoms with van der Waals surface area (Å²) < 4.78 is 31.7. The molecule has 0 saturated carbocycles. The molecule has 2 rings (SSSR count). The molecule has 1 unspecified atom stereocenters. The Morgan fingerprint density at radius 3 is 2.80 bits per heavy atom. The van der Waals surface area contributed by atoms with Crippen molar-refractivity contribution >= 4 is 10.0 Å². The van der Waals surface area contributed by atoms with Gasteiger partial charge in [-0.2, -0.15) is 4.31 Å². The van der Waals surface area contributed by atoms with E-state index in [0.717, 1.165) is 24.8 Å². The zero-order valence-corrected chi connectivity index (χ0v) is 12.5. The highest BCUT2D eigenvalue weighted by molar-refractivity contribution is 7.89. The van der Waals surface area contributed by atoms with Gasteiger partial charge in [0.05, 0.1) is 6.10 Å². The highest BCUT2D eigenvalue weighted by Gasteiger charge is 2.26. The van der Waals surface area contributed by atoms with E-state index in [9.17, 15) is 8.42 Å². The molecule has 1 saturated heterocycles. The number of sulfonamides is 1. The quantitative estimate of drug-likeness (QED) is 0.866. The molecule has 0 radical (unpaired) electrons.